The molecule has 0 aliphatic heterocycles. The van der Waals surface area contributed by atoms with Gasteiger partial charge in [-0.25, -0.2) is 6.07 Å². The number of rotatable bonds is 1. The van der Waals surface area contributed by atoms with E-state index >= 15 is 0 Å². The van der Waals surface area contributed by atoms with Crippen LogP contribution in [0.1, 0.15) is 12.5 Å². The van der Waals surface area contributed by atoms with Gasteiger partial charge >= 0.3 is 0 Å². The summed E-state index contributed by atoms with van der Waals surface area (Å²) in [7, 11) is 0. The van der Waals surface area contributed by atoms with E-state index in [9.17, 15) is 0 Å². The Hall–Kier alpha value is -0.436. The minimum atomic E-state index is 0. The summed E-state index contributed by atoms with van der Waals surface area (Å²) < 4.78 is 0. The number of aromatic amines is 1. The second-order valence-corrected chi connectivity index (χ2v) is 4.19. The largest absolute Gasteiger partial charge is 0.361 e. The first-order valence-corrected chi connectivity index (χ1v) is 6.24. The summed E-state index contributed by atoms with van der Waals surface area (Å²) in [5.74, 6) is 0. The molecule has 0 fully saturated rings. The second-order valence-electron chi connectivity index (χ2n) is 3.44. The monoisotopic (exact) mass is 317 g/mol. The zero-order chi connectivity index (χ0) is 11.2. The summed E-state index contributed by atoms with van der Waals surface area (Å²) in [6, 6.07) is 12.4. The van der Waals surface area contributed by atoms with Crippen LogP contribution in [0, 0.1) is 5.38 Å². The number of nitrogens with one attached hydrogen (secondary N) is 1. The molecule has 17 heavy (non-hydrogen) atoms. The van der Waals surface area contributed by atoms with Crippen molar-refractivity contribution in [3.63, 3.8) is 0 Å². The molecule has 0 atom stereocenters. The van der Waals surface area contributed by atoms with Crippen LogP contribution in [-0.4, -0.2) is 4.98 Å². The van der Waals surface area contributed by atoms with Crippen molar-refractivity contribution in [1.29, 1.82) is 0 Å². The Bertz CT molecular complexity index is 511. The molecule has 1 nitrogen and oxygen atoms in total. The summed E-state index contributed by atoms with van der Waals surface area (Å²) >= 11 is 1.59. The molecule has 2 aromatic heterocycles. The smallest absolute Gasteiger partial charge is 0.0486 e. The van der Waals surface area contributed by atoms with Gasteiger partial charge in [-0.3, -0.25) is 0 Å². The minimum absolute atomic E-state index is 0. The van der Waals surface area contributed by atoms with Gasteiger partial charge in [-0.05, 0) is 23.4 Å². The fourth-order valence-corrected chi connectivity index (χ4v) is 2.03. The van der Waals surface area contributed by atoms with Crippen LogP contribution in [0.25, 0.3) is 10.9 Å². The van der Waals surface area contributed by atoms with Crippen LogP contribution < -0.4 is 0 Å². The minimum Gasteiger partial charge on any atom is -0.361 e. The molecule has 1 aromatic carbocycles. The van der Waals surface area contributed by atoms with Gasteiger partial charge in [0.15, 0.2) is 0 Å². The number of fused-ring (bicyclic) bond motifs is 1. The van der Waals surface area contributed by atoms with Crippen molar-refractivity contribution in [2.75, 3.05) is 0 Å². The van der Waals surface area contributed by atoms with Crippen molar-refractivity contribution < 1.29 is 32.7 Å². The van der Waals surface area contributed by atoms with Crippen LogP contribution in [0.5, 0.6) is 0 Å². The van der Waals surface area contributed by atoms with Crippen molar-refractivity contribution in [3.05, 3.63) is 58.9 Å². The van der Waals surface area contributed by atoms with E-state index in [2.05, 4.69) is 41.6 Å². The van der Waals surface area contributed by atoms with Crippen LogP contribution in [-0.2, 0) is 39.1 Å². The summed E-state index contributed by atoms with van der Waals surface area (Å²) in [6.45, 7) is 2.18. The zero-order valence-electron chi connectivity index (χ0n) is 9.81. The first-order valence-electron chi connectivity index (χ1n) is 5.36. The molecule has 0 bridgehead atoms. The predicted octanol–water partition coefficient (Wildman–Crippen LogP) is 4.28. The normalized spacial score (nSPS) is 9.24. The Labute approximate surface area is 131 Å². The maximum Gasteiger partial charge on any atom is 0.0486 e. The molecule has 85 valence electrons. The van der Waals surface area contributed by atoms with Gasteiger partial charge < -0.3 is 16.3 Å². The van der Waals surface area contributed by atoms with Crippen molar-refractivity contribution in [2.45, 2.75) is 13.3 Å². The fourth-order valence-electron chi connectivity index (χ4n) is 1.64. The number of hydrogen-bond acceptors (Lipinski definition) is 1. The predicted molar refractivity (Wildman–Crippen MR) is 70.8 cm³/mol. The Morgan fingerprint density at radius 3 is 2.71 bits per heavy atom. The van der Waals surface area contributed by atoms with Gasteiger partial charge in [0.1, 0.15) is 0 Å². The van der Waals surface area contributed by atoms with Crippen molar-refractivity contribution in [3.8, 4) is 0 Å². The number of aryl methyl sites for hydroxylation is 1. The van der Waals surface area contributed by atoms with Crippen LogP contribution in [0.2, 0.25) is 0 Å². The third-order valence-electron chi connectivity index (χ3n) is 2.43. The molecular weight excluding hydrogens is 303 g/mol. The average Bonchev–Trinajstić information content (AvgIpc) is 3.01. The van der Waals surface area contributed by atoms with E-state index in [0.29, 0.717) is 0 Å². The molecule has 3 rings (SSSR count). The van der Waals surface area contributed by atoms with E-state index in [0.717, 1.165) is 6.42 Å². The van der Waals surface area contributed by atoms with Gasteiger partial charge in [0.25, 0.3) is 0 Å². The third kappa shape index (κ3) is 4.06. The molecule has 3 aromatic rings. The molecule has 0 aliphatic carbocycles. The molecule has 0 saturated carbocycles. The number of H-pyrrole nitrogens is 1. The SMILES string of the molecule is CCc1cccc2cc[nH]c12.[Y].[c-]1cccs1. The van der Waals surface area contributed by atoms with Gasteiger partial charge in [-0.15, -0.1) is 5.38 Å². The van der Waals surface area contributed by atoms with Gasteiger partial charge in [0.05, 0.1) is 0 Å². The second kappa shape index (κ2) is 7.81. The van der Waals surface area contributed by atoms with Crippen LogP contribution in [0.4, 0.5) is 0 Å². The first kappa shape index (κ1) is 14.6. The average molecular weight is 317 g/mol. The van der Waals surface area contributed by atoms with E-state index in [1.54, 1.807) is 11.3 Å². The topological polar surface area (TPSA) is 15.8 Å². The summed E-state index contributed by atoms with van der Waals surface area (Å²) in [6.07, 6.45) is 3.08. The number of aromatic nitrogens is 1. The van der Waals surface area contributed by atoms with Crippen LogP contribution >= 0.6 is 11.3 Å². The quantitative estimate of drug-likeness (QED) is 0.645. The Balaban J connectivity index is 0.000000205. The van der Waals surface area contributed by atoms with Crippen molar-refractivity contribution in [2.24, 2.45) is 0 Å². The molecule has 0 amide bonds. The van der Waals surface area contributed by atoms with Gasteiger partial charge in [0, 0.05) is 44.4 Å². The van der Waals surface area contributed by atoms with Crippen molar-refractivity contribution in [1.82, 2.24) is 4.98 Å². The van der Waals surface area contributed by atoms with E-state index < -0.39 is 0 Å². The standard InChI is InChI=1S/C10H11N.C4H3S.Y/c1-2-8-4-3-5-9-6-7-11-10(8)9;1-2-4-5-3-1;/h3-7,11H,2H2,1H3;1-3H;/q;-1;. The molecule has 0 saturated heterocycles. The number of hydrogen-bond donors (Lipinski definition) is 1. The third-order valence-corrected chi connectivity index (χ3v) is 3.00. The number of thiophene rings is 1. The first-order chi connectivity index (χ1) is 7.92. The van der Waals surface area contributed by atoms with E-state index in [-0.39, 0.29) is 32.7 Å². The molecule has 2 heterocycles. The van der Waals surface area contributed by atoms with Crippen LogP contribution in [0.3, 0.4) is 0 Å². The van der Waals surface area contributed by atoms with Gasteiger partial charge in [-0.2, -0.15) is 11.4 Å². The molecule has 1 N–H and O–H groups in total. The fraction of sp³-hybridized carbons (Fsp3) is 0.143. The Morgan fingerprint density at radius 2 is 2.12 bits per heavy atom. The van der Waals surface area contributed by atoms with E-state index in [4.69, 9.17) is 0 Å². The number of para-hydroxylation sites is 1. The summed E-state index contributed by atoms with van der Waals surface area (Å²) in [4.78, 5) is 3.24. The summed E-state index contributed by atoms with van der Waals surface area (Å²) in [5.41, 5.74) is 2.68. The van der Waals surface area contributed by atoms with Crippen LogP contribution in [0.15, 0.2) is 48.0 Å². The van der Waals surface area contributed by atoms with Gasteiger partial charge in [0.2, 0.25) is 0 Å². The van der Waals surface area contributed by atoms with Crippen molar-refractivity contribution >= 4 is 22.2 Å². The maximum absolute atomic E-state index is 3.24. The molecule has 1 radical (unpaired) electrons. The maximum atomic E-state index is 3.24. The molecule has 0 spiro atoms. The number of benzene rings is 1. The van der Waals surface area contributed by atoms with E-state index in [1.807, 2.05) is 23.7 Å². The Morgan fingerprint density at radius 1 is 1.24 bits per heavy atom. The van der Waals surface area contributed by atoms with Gasteiger partial charge in [-0.1, -0.05) is 25.1 Å². The molecule has 0 unspecified atom stereocenters. The zero-order valence-corrected chi connectivity index (χ0v) is 13.5. The summed E-state index contributed by atoms with van der Waals surface area (Å²) in [5, 5.41) is 6.20. The molecular formula is C14H14NSY-. The molecule has 3 heteroatoms. The van der Waals surface area contributed by atoms with E-state index in [1.165, 1.54) is 16.5 Å². The Kier molecular flexibility index (Phi) is 6.72. The molecule has 0 aliphatic rings.